The van der Waals surface area contributed by atoms with E-state index in [4.69, 9.17) is 0 Å². The summed E-state index contributed by atoms with van der Waals surface area (Å²) < 4.78 is 27.4. The number of benzene rings is 1. The molecule has 1 aromatic carbocycles. The van der Waals surface area contributed by atoms with Gasteiger partial charge in [0, 0.05) is 19.6 Å². The average Bonchev–Trinajstić information content (AvgIpc) is 3.16. The second-order valence-corrected chi connectivity index (χ2v) is 8.72. The standard InChI is InChI=1S/C18H26N2O3S/c1-19(15-9-5-6-10-15)18(21)17-13-7-8-14-20(17)24(22,23)16-11-3-2-4-12-16/h2-4,11-12,15,17H,5-10,13-14H2,1H3. The number of hydrogen-bond acceptors (Lipinski definition) is 3. The molecule has 6 heteroatoms. The van der Waals surface area contributed by atoms with Crippen LogP contribution in [0.2, 0.25) is 0 Å². The largest absolute Gasteiger partial charge is 0.341 e. The Balaban J connectivity index is 1.84. The summed E-state index contributed by atoms with van der Waals surface area (Å²) in [5.41, 5.74) is 0. The minimum absolute atomic E-state index is 0.0406. The summed E-state index contributed by atoms with van der Waals surface area (Å²) in [6.07, 6.45) is 6.68. The molecular weight excluding hydrogens is 324 g/mol. The first-order valence-corrected chi connectivity index (χ1v) is 10.3. The van der Waals surface area contributed by atoms with E-state index in [9.17, 15) is 13.2 Å². The van der Waals surface area contributed by atoms with E-state index < -0.39 is 16.1 Å². The zero-order valence-electron chi connectivity index (χ0n) is 14.2. The minimum Gasteiger partial charge on any atom is -0.341 e. The Morgan fingerprint density at radius 3 is 2.33 bits per heavy atom. The zero-order chi connectivity index (χ0) is 17.2. The van der Waals surface area contributed by atoms with Gasteiger partial charge in [0.15, 0.2) is 0 Å². The van der Waals surface area contributed by atoms with Crippen LogP contribution in [0, 0.1) is 0 Å². The number of hydrogen-bond donors (Lipinski definition) is 0. The molecule has 0 aromatic heterocycles. The quantitative estimate of drug-likeness (QED) is 0.839. The van der Waals surface area contributed by atoms with Crippen molar-refractivity contribution in [2.75, 3.05) is 13.6 Å². The third-order valence-corrected chi connectivity index (χ3v) is 7.23. The van der Waals surface area contributed by atoms with Crippen molar-refractivity contribution in [3.63, 3.8) is 0 Å². The molecule has 1 unspecified atom stereocenters. The van der Waals surface area contributed by atoms with Crippen molar-refractivity contribution in [3.8, 4) is 0 Å². The summed E-state index contributed by atoms with van der Waals surface area (Å²) in [5.74, 6) is -0.0406. The molecule has 132 valence electrons. The van der Waals surface area contributed by atoms with Gasteiger partial charge in [-0.2, -0.15) is 4.31 Å². The van der Waals surface area contributed by atoms with E-state index in [0.29, 0.717) is 13.0 Å². The summed E-state index contributed by atoms with van der Waals surface area (Å²) in [6.45, 7) is 0.423. The number of likely N-dealkylation sites (N-methyl/N-ethyl adjacent to an activating group) is 1. The fraction of sp³-hybridized carbons (Fsp3) is 0.611. The van der Waals surface area contributed by atoms with Crippen LogP contribution in [0.5, 0.6) is 0 Å². The lowest BCUT2D eigenvalue weighted by atomic mass is 10.0. The summed E-state index contributed by atoms with van der Waals surface area (Å²) in [6, 6.07) is 8.15. The molecule has 2 aliphatic rings. The smallest absolute Gasteiger partial charge is 0.243 e. The summed E-state index contributed by atoms with van der Waals surface area (Å²) in [5, 5.41) is 0. The van der Waals surface area contributed by atoms with E-state index in [1.165, 1.54) is 4.31 Å². The van der Waals surface area contributed by atoms with Crippen LogP contribution in [-0.4, -0.2) is 49.2 Å². The number of rotatable bonds is 4. The SMILES string of the molecule is CN(C(=O)C1CCCCN1S(=O)(=O)c1ccccc1)C1CCCC1. The van der Waals surface area contributed by atoms with Gasteiger partial charge >= 0.3 is 0 Å². The van der Waals surface area contributed by atoms with Gasteiger partial charge in [0.2, 0.25) is 15.9 Å². The van der Waals surface area contributed by atoms with E-state index in [0.717, 1.165) is 38.5 Å². The topological polar surface area (TPSA) is 57.7 Å². The van der Waals surface area contributed by atoms with Crippen LogP contribution in [0.15, 0.2) is 35.2 Å². The highest BCUT2D eigenvalue weighted by atomic mass is 32.2. The van der Waals surface area contributed by atoms with E-state index in [-0.39, 0.29) is 16.8 Å². The monoisotopic (exact) mass is 350 g/mol. The van der Waals surface area contributed by atoms with E-state index in [2.05, 4.69) is 0 Å². The van der Waals surface area contributed by atoms with Gasteiger partial charge in [-0.1, -0.05) is 37.5 Å². The molecule has 1 heterocycles. The highest BCUT2D eigenvalue weighted by Gasteiger charge is 2.40. The van der Waals surface area contributed by atoms with Crippen LogP contribution in [0.1, 0.15) is 44.9 Å². The molecule has 1 atom stereocenters. The molecule has 1 saturated heterocycles. The van der Waals surface area contributed by atoms with Crippen molar-refractivity contribution in [2.45, 2.75) is 61.9 Å². The first-order valence-electron chi connectivity index (χ1n) is 8.85. The molecule has 1 aromatic rings. The van der Waals surface area contributed by atoms with Crippen LogP contribution >= 0.6 is 0 Å². The fourth-order valence-electron chi connectivity index (χ4n) is 3.87. The van der Waals surface area contributed by atoms with Crippen molar-refractivity contribution in [3.05, 3.63) is 30.3 Å². The maximum absolute atomic E-state index is 13.0. The highest BCUT2D eigenvalue weighted by molar-refractivity contribution is 7.89. The first-order chi connectivity index (χ1) is 11.5. The molecular formula is C18H26N2O3S. The molecule has 0 radical (unpaired) electrons. The predicted octanol–water partition coefficient (Wildman–Crippen LogP) is 2.63. The molecule has 1 aliphatic carbocycles. The Labute approximate surface area is 144 Å². The summed E-state index contributed by atoms with van der Waals surface area (Å²) in [4.78, 5) is 15.1. The molecule has 1 amide bonds. The van der Waals surface area contributed by atoms with E-state index in [1.807, 2.05) is 7.05 Å². The van der Waals surface area contributed by atoms with Gasteiger partial charge in [-0.3, -0.25) is 4.79 Å². The van der Waals surface area contributed by atoms with Gasteiger partial charge in [0.05, 0.1) is 4.90 Å². The molecule has 1 aliphatic heterocycles. The second-order valence-electron chi connectivity index (χ2n) is 6.83. The van der Waals surface area contributed by atoms with Crippen LogP contribution in [-0.2, 0) is 14.8 Å². The lowest BCUT2D eigenvalue weighted by Crippen LogP contribution is -2.53. The Morgan fingerprint density at radius 2 is 1.67 bits per heavy atom. The van der Waals surface area contributed by atoms with E-state index >= 15 is 0 Å². The Morgan fingerprint density at radius 1 is 1.04 bits per heavy atom. The lowest BCUT2D eigenvalue weighted by Gasteiger charge is -2.37. The van der Waals surface area contributed by atoms with Gasteiger partial charge < -0.3 is 4.90 Å². The molecule has 1 saturated carbocycles. The van der Waals surface area contributed by atoms with Crippen molar-refractivity contribution in [1.82, 2.24) is 9.21 Å². The van der Waals surface area contributed by atoms with Gasteiger partial charge in [0.25, 0.3) is 0 Å². The number of piperidine rings is 1. The fourth-order valence-corrected chi connectivity index (χ4v) is 5.55. The van der Waals surface area contributed by atoms with Gasteiger partial charge in [-0.05, 0) is 37.8 Å². The van der Waals surface area contributed by atoms with Gasteiger partial charge in [-0.25, -0.2) is 8.42 Å². The van der Waals surface area contributed by atoms with Crippen LogP contribution in [0.4, 0.5) is 0 Å². The Bertz CT molecular complexity index is 669. The van der Waals surface area contributed by atoms with Crippen molar-refractivity contribution < 1.29 is 13.2 Å². The van der Waals surface area contributed by atoms with E-state index in [1.54, 1.807) is 35.2 Å². The summed E-state index contributed by atoms with van der Waals surface area (Å²) in [7, 11) is -1.79. The molecule has 2 fully saturated rings. The van der Waals surface area contributed by atoms with Crippen molar-refractivity contribution >= 4 is 15.9 Å². The maximum Gasteiger partial charge on any atom is 0.243 e. The molecule has 24 heavy (non-hydrogen) atoms. The maximum atomic E-state index is 13.0. The van der Waals surface area contributed by atoms with Crippen molar-refractivity contribution in [2.24, 2.45) is 0 Å². The zero-order valence-corrected chi connectivity index (χ0v) is 15.0. The van der Waals surface area contributed by atoms with Gasteiger partial charge in [0.1, 0.15) is 6.04 Å². The lowest BCUT2D eigenvalue weighted by molar-refractivity contribution is -0.136. The van der Waals surface area contributed by atoms with Crippen molar-refractivity contribution in [1.29, 1.82) is 0 Å². The number of carbonyl (C=O) groups is 1. The third kappa shape index (κ3) is 3.35. The van der Waals surface area contributed by atoms with Crippen LogP contribution in [0.25, 0.3) is 0 Å². The number of amides is 1. The molecule has 5 nitrogen and oxygen atoms in total. The second kappa shape index (κ2) is 7.23. The third-order valence-electron chi connectivity index (χ3n) is 5.31. The molecule has 0 bridgehead atoms. The molecule has 0 N–H and O–H groups in total. The Kier molecular flexibility index (Phi) is 5.25. The van der Waals surface area contributed by atoms with Crippen LogP contribution in [0.3, 0.4) is 0 Å². The molecule has 3 rings (SSSR count). The minimum atomic E-state index is -3.63. The average molecular weight is 350 g/mol. The number of sulfonamides is 1. The highest BCUT2D eigenvalue weighted by Crippen LogP contribution is 2.29. The number of carbonyl (C=O) groups excluding carboxylic acids is 1. The predicted molar refractivity (Wildman–Crippen MR) is 93.0 cm³/mol. The van der Waals surface area contributed by atoms with Crippen LogP contribution < -0.4 is 0 Å². The summed E-state index contributed by atoms with van der Waals surface area (Å²) >= 11 is 0. The Hall–Kier alpha value is -1.40. The molecule has 0 spiro atoms. The normalized spacial score (nSPS) is 23.3. The number of nitrogens with zero attached hydrogens (tertiary/aromatic N) is 2. The van der Waals surface area contributed by atoms with Gasteiger partial charge in [-0.15, -0.1) is 0 Å². The first kappa shape index (κ1) is 17.4.